The van der Waals surface area contributed by atoms with Crippen molar-refractivity contribution in [3.8, 4) is 11.8 Å². The van der Waals surface area contributed by atoms with Gasteiger partial charge < -0.3 is 10.5 Å². The number of ether oxygens (including phenoxy) is 1. The molecule has 2 rings (SSSR count). The minimum atomic E-state index is 0.277. The summed E-state index contributed by atoms with van der Waals surface area (Å²) >= 11 is 3.38. The van der Waals surface area contributed by atoms with Gasteiger partial charge in [-0.1, -0.05) is 6.07 Å². The number of hydrogen-bond acceptors (Lipinski definition) is 4. The third kappa shape index (κ3) is 2.79. The van der Waals surface area contributed by atoms with Crippen LogP contribution in [0.3, 0.4) is 0 Å². The van der Waals surface area contributed by atoms with E-state index in [9.17, 15) is 0 Å². The SMILES string of the molecule is N#Cc1ncccc1COc1cc(N)ccc1Br. The molecule has 0 saturated heterocycles. The zero-order chi connectivity index (χ0) is 13.0. The Morgan fingerprint density at radius 3 is 3.00 bits per heavy atom. The van der Waals surface area contributed by atoms with Gasteiger partial charge in [0.05, 0.1) is 4.47 Å². The van der Waals surface area contributed by atoms with Crippen LogP contribution in [0.5, 0.6) is 5.75 Å². The van der Waals surface area contributed by atoms with Crippen LogP contribution >= 0.6 is 15.9 Å². The molecule has 2 N–H and O–H groups in total. The Balaban J connectivity index is 2.17. The number of nitrogens with zero attached hydrogens (tertiary/aromatic N) is 2. The molecule has 0 aliphatic rings. The second-order valence-corrected chi connectivity index (χ2v) is 4.46. The molecule has 0 saturated carbocycles. The molecule has 5 heteroatoms. The lowest BCUT2D eigenvalue weighted by molar-refractivity contribution is 0.303. The topological polar surface area (TPSA) is 71.9 Å². The van der Waals surface area contributed by atoms with E-state index in [1.165, 1.54) is 0 Å². The number of hydrogen-bond donors (Lipinski definition) is 1. The normalized spacial score (nSPS) is 9.78. The zero-order valence-corrected chi connectivity index (χ0v) is 11.0. The minimum Gasteiger partial charge on any atom is -0.488 e. The molecule has 1 aromatic heterocycles. The van der Waals surface area contributed by atoms with Crippen LogP contribution in [0.2, 0.25) is 0 Å². The summed E-state index contributed by atoms with van der Waals surface area (Å²) in [5.74, 6) is 0.641. The van der Waals surface area contributed by atoms with Crippen LogP contribution in [0, 0.1) is 11.3 Å². The maximum atomic E-state index is 8.92. The summed E-state index contributed by atoms with van der Waals surface area (Å²) < 4.78 is 6.45. The third-order valence-electron chi connectivity index (χ3n) is 2.34. The van der Waals surface area contributed by atoms with Crippen LogP contribution in [0.4, 0.5) is 5.69 Å². The van der Waals surface area contributed by atoms with E-state index < -0.39 is 0 Å². The molecule has 4 nitrogen and oxygen atoms in total. The van der Waals surface area contributed by atoms with Crippen molar-refractivity contribution < 1.29 is 4.74 Å². The average Bonchev–Trinajstić information content (AvgIpc) is 2.40. The van der Waals surface area contributed by atoms with Crippen LogP contribution in [0.15, 0.2) is 41.0 Å². The average molecular weight is 304 g/mol. The van der Waals surface area contributed by atoms with Gasteiger partial charge in [-0.3, -0.25) is 0 Å². The predicted molar refractivity (Wildman–Crippen MR) is 71.8 cm³/mol. The van der Waals surface area contributed by atoms with E-state index in [0.717, 1.165) is 10.0 Å². The van der Waals surface area contributed by atoms with Crippen molar-refractivity contribution >= 4 is 21.6 Å². The first-order chi connectivity index (χ1) is 8.70. The highest BCUT2D eigenvalue weighted by molar-refractivity contribution is 9.10. The number of rotatable bonds is 3. The molecule has 0 aliphatic heterocycles. The largest absolute Gasteiger partial charge is 0.488 e. The fourth-order valence-electron chi connectivity index (χ4n) is 1.44. The number of pyridine rings is 1. The van der Waals surface area contributed by atoms with Crippen molar-refractivity contribution in [1.29, 1.82) is 5.26 Å². The maximum Gasteiger partial charge on any atom is 0.147 e. The second kappa shape index (κ2) is 5.52. The Morgan fingerprint density at radius 2 is 2.22 bits per heavy atom. The van der Waals surface area contributed by atoms with E-state index in [0.29, 0.717) is 17.1 Å². The minimum absolute atomic E-state index is 0.277. The molecule has 0 unspecified atom stereocenters. The Kier molecular flexibility index (Phi) is 3.80. The Morgan fingerprint density at radius 1 is 1.39 bits per heavy atom. The van der Waals surface area contributed by atoms with Gasteiger partial charge in [0.25, 0.3) is 0 Å². The fourth-order valence-corrected chi connectivity index (χ4v) is 1.80. The lowest BCUT2D eigenvalue weighted by Gasteiger charge is -2.09. The molecule has 0 bridgehead atoms. The number of nitriles is 1. The fraction of sp³-hybridized carbons (Fsp3) is 0.0769. The highest BCUT2D eigenvalue weighted by atomic mass is 79.9. The van der Waals surface area contributed by atoms with E-state index >= 15 is 0 Å². The molecular weight excluding hydrogens is 294 g/mol. The number of aromatic nitrogens is 1. The monoisotopic (exact) mass is 303 g/mol. The standard InChI is InChI=1S/C13H10BrN3O/c14-11-4-3-10(16)6-13(11)18-8-9-2-1-5-17-12(9)7-15/h1-6H,8,16H2. The summed E-state index contributed by atoms with van der Waals surface area (Å²) in [6, 6.07) is 10.9. The number of nitrogen functional groups attached to an aromatic ring is 1. The van der Waals surface area contributed by atoms with Gasteiger partial charge >= 0.3 is 0 Å². The van der Waals surface area contributed by atoms with E-state index in [1.54, 1.807) is 24.4 Å². The number of halogens is 1. The summed E-state index contributed by atoms with van der Waals surface area (Å²) in [7, 11) is 0. The predicted octanol–water partition coefficient (Wildman–Crippen LogP) is 2.88. The van der Waals surface area contributed by atoms with Gasteiger partial charge in [-0.25, -0.2) is 4.98 Å². The summed E-state index contributed by atoms with van der Waals surface area (Å²) in [6.07, 6.45) is 1.58. The van der Waals surface area contributed by atoms with Gasteiger partial charge in [-0.15, -0.1) is 0 Å². The molecular formula is C13H10BrN3O. The molecule has 90 valence electrons. The van der Waals surface area contributed by atoms with E-state index in [-0.39, 0.29) is 6.61 Å². The lowest BCUT2D eigenvalue weighted by atomic mass is 10.2. The highest BCUT2D eigenvalue weighted by Crippen LogP contribution is 2.27. The Labute approximate surface area is 113 Å². The zero-order valence-electron chi connectivity index (χ0n) is 9.43. The second-order valence-electron chi connectivity index (χ2n) is 3.60. The van der Waals surface area contributed by atoms with Gasteiger partial charge in [-0.05, 0) is 34.1 Å². The number of anilines is 1. The van der Waals surface area contributed by atoms with E-state index in [2.05, 4.69) is 20.9 Å². The van der Waals surface area contributed by atoms with Crippen LogP contribution in [0.1, 0.15) is 11.3 Å². The number of benzene rings is 1. The molecule has 1 aromatic carbocycles. The van der Waals surface area contributed by atoms with Gasteiger partial charge in [0.1, 0.15) is 24.1 Å². The van der Waals surface area contributed by atoms with Gasteiger partial charge in [-0.2, -0.15) is 5.26 Å². The van der Waals surface area contributed by atoms with Crippen molar-refractivity contribution in [2.75, 3.05) is 5.73 Å². The van der Waals surface area contributed by atoms with E-state index in [4.69, 9.17) is 15.7 Å². The molecule has 0 atom stereocenters. The molecule has 0 spiro atoms. The highest BCUT2D eigenvalue weighted by Gasteiger charge is 2.06. The molecule has 0 radical (unpaired) electrons. The molecule has 0 amide bonds. The molecule has 18 heavy (non-hydrogen) atoms. The summed E-state index contributed by atoms with van der Waals surface area (Å²) in [5, 5.41) is 8.92. The smallest absolute Gasteiger partial charge is 0.147 e. The van der Waals surface area contributed by atoms with Gasteiger partial charge in [0, 0.05) is 23.5 Å². The third-order valence-corrected chi connectivity index (χ3v) is 2.99. The molecule has 1 heterocycles. The van der Waals surface area contributed by atoms with Crippen LogP contribution in [-0.2, 0) is 6.61 Å². The van der Waals surface area contributed by atoms with Crippen molar-refractivity contribution in [3.05, 3.63) is 52.3 Å². The van der Waals surface area contributed by atoms with Gasteiger partial charge in [0.15, 0.2) is 0 Å². The Hall–Kier alpha value is -2.06. The quantitative estimate of drug-likeness (QED) is 0.885. The van der Waals surface area contributed by atoms with Crippen molar-refractivity contribution in [3.63, 3.8) is 0 Å². The van der Waals surface area contributed by atoms with Crippen LogP contribution in [-0.4, -0.2) is 4.98 Å². The van der Waals surface area contributed by atoms with Crippen molar-refractivity contribution in [2.24, 2.45) is 0 Å². The molecule has 0 aliphatic carbocycles. The summed E-state index contributed by atoms with van der Waals surface area (Å²) in [4.78, 5) is 3.97. The molecule has 2 aromatic rings. The van der Waals surface area contributed by atoms with E-state index in [1.807, 2.05) is 18.2 Å². The lowest BCUT2D eigenvalue weighted by Crippen LogP contribution is -2.00. The van der Waals surface area contributed by atoms with Crippen LogP contribution < -0.4 is 10.5 Å². The van der Waals surface area contributed by atoms with Crippen LogP contribution in [0.25, 0.3) is 0 Å². The Bertz CT molecular complexity index is 607. The molecule has 0 fully saturated rings. The first-order valence-electron chi connectivity index (χ1n) is 5.22. The maximum absolute atomic E-state index is 8.92. The van der Waals surface area contributed by atoms with Gasteiger partial charge in [0.2, 0.25) is 0 Å². The number of nitrogens with two attached hydrogens (primary N) is 1. The van der Waals surface area contributed by atoms with Crippen molar-refractivity contribution in [1.82, 2.24) is 4.98 Å². The van der Waals surface area contributed by atoms with Crippen molar-refractivity contribution in [2.45, 2.75) is 6.61 Å². The first-order valence-corrected chi connectivity index (χ1v) is 6.02. The first kappa shape index (κ1) is 12.4. The summed E-state index contributed by atoms with van der Waals surface area (Å²) in [5.41, 5.74) is 7.43. The summed E-state index contributed by atoms with van der Waals surface area (Å²) in [6.45, 7) is 0.277.